The minimum Gasteiger partial charge on any atom is -0.396 e. The maximum atomic E-state index is 9.27. The molecule has 1 aromatic carbocycles. The molecule has 1 saturated carbocycles. The molecule has 3 rings (SSSR count). The molecule has 1 aliphatic carbocycles. The normalized spacial score (nSPS) is 23.4. The first kappa shape index (κ1) is 13.7. The molecule has 0 spiro atoms. The van der Waals surface area contributed by atoms with E-state index in [-0.39, 0.29) is 6.61 Å². The zero-order valence-electron chi connectivity index (χ0n) is 10.1. The van der Waals surface area contributed by atoms with Crippen molar-refractivity contribution in [2.45, 2.75) is 25.3 Å². The Morgan fingerprint density at radius 2 is 2.05 bits per heavy atom. The second kappa shape index (κ2) is 5.24. The Morgan fingerprint density at radius 3 is 2.74 bits per heavy atom. The van der Waals surface area contributed by atoms with Crippen molar-refractivity contribution in [3.05, 3.63) is 26.9 Å². The second-order valence-electron chi connectivity index (χ2n) is 5.02. The zero-order valence-corrected chi connectivity index (χ0v) is 13.2. The number of benzene rings is 1. The zero-order chi connectivity index (χ0) is 13.6. The molecule has 0 unspecified atom stereocenters. The van der Waals surface area contributed by atoms with Crippen LogP contribution in [0.15, 0.2) is 16.9 Å². The van der Waals surface area contributed by atoms with E-state index in [4.69, 9.17) is 23.2 Å². The van der Waals surface area contributed by atoms with E-state index in [2.05, 4.69) is 25.5 Å². The average molecular weight is 364 g/mol. The molecule has 2 aromatic rings. The molecule has 0 aliphatic heterocycles. The minimum atomic E-state index is 0.257. The summed E-state index contributed by atoms with van der Waals surface area (Å²) >= 11 is 15.6. The van der Waals surface area contributed by atoms with Gasteiger partial charge in [0.05, 0.1) is 21.1 Å². The lowest BCUT2D eigenvalue weighted by Gasteiger charge is -2.15. The highest BCUT2D eigenvalue weighted by Crippen LogP contribution is 2.39. The Bertz CT molecular complexity index is 629. The molecule has 1 N–H and O–H groups in total. The van der Waals surface area contributed by atoms with Gasteiger partial charge in [-0.25, -0.2) is 4.98 Å². The van der Waals surface area contributed by atoms with E-state index >= 15 is 0 Å². The van der Waals surface area contributed by atoms with Crippen molar-refractivity contribution in [3.63, 3.8) is 0 Å². The van der Waals surface area contributed by atoms with Crippen LogP contribution < -0.4 is 0 Å². The lowest BCUT2D eigenvalue weighted by molar-refractivity contribution is 0.226. The first-order valence-corrected chi connectivity index (χ1v) is 7.78. The summed E-state index contributed by atoms with van der Waals surface area (Å²) in [6, 6.07) is 4.01. The van der Waals surface area contributed by atoms with E-state index in [1.54, 1.807) is 6.07 Å². The summed E-state index contributed by atoms with van der Waals surface area (Å²) in [4.78, 5) is 4.48. The Hall–Kier alpha value is -0.290. The van der Waals surface area contributed by atoms with Crippen molar-refractivity contribution in [3.8, 4) is 0 Å². The third-order valence-corrected chi connectivity index (χ3v) is 5.11. The summed E-state index contributed by atoms with van der Waals surface area (Å²) in [6.45, 7) is 0.257. The topological polar surface area (TPSA) is 38.0 Å². The van der Waals surface area contributed by atoms with Crippen LogP contribution in [0.25, 0.3) is 11.0 Å². The van der Waals surface area contributed by atoms with Gasteiger partial charge in [-0.1, -0.05) is 23.2 Å². The number of hydrogen-bond donors (Lipinski definition) is 1. The number of imidazole rings is 1. The number of rotatable bonds is 2. The van der Waals surface area contributed by atoms with Crippen molar-refractivity contribution >= 4 is 50.2 Å². The number of aliphatic hydroxyl groups excluding tert-OH is 1. The lowest BCUT2D eigenvalue weighted by Crippen LogP contribution is -2.07. The molecule has 3 nitrogen and oxygen atoms in total. The summed E-state index contributed by atoms with van der Waals surface area (Å²) in [5.41, 5.74) is 1.83. The van der Waals surface area contributed by atoms with E-state index in [0.29, 0.717) is 22.0 Å². The summed E-state index contributed by atoms with van der Waals surface area (Å²) in [5, 5.41) is 10.3. The van der Waals surface area contributed by atoms with Crippen LogP contribution in [0.5, 0.6) is 0 Å². The van der Waals surface area contributed by atoms with Gasteiger partial charge < -0.3 is 9.67 Å². The van der Waals surface area contributed by atoms with Gasteiger partial charge in [0.15, 0.2) is 4.73 Å². The highest BCUT2D eigenvalue weighted by Gasteiger charge is 2.28. The molecule has 0 saturated heterocycles. The predicted octanol–water partition coefficient (Wildman–Crippen LogP) is 4.44. The molecule has 19 heavy (non-hydrogen) atoms. The van der Waals surface area contributed by atoms with Crippen LogP contribution in [-0.4, -0.2) is 21.3 Å². The van der Waals surface area contributed by atoms with Crippen molar-refractivity contribution in [2.75, 3.05) is 6.61 Å². The van der Waals surface area contributed by atoms with Gasteiger partial charge in [0.25, 0.3) is 0 Å². The molecular weight excluding hydrogens is 351 g/mol. The van der Waals surface area contributed by atoms with Gasteiger partial charge >= 0.3 is 0 Å². The van der Waals surface area contributed by atoms with E-state index in [9.17, 15) is 5.11 Å². The fourth-order valence-electron chi connectivity index (χ4n) is 2.86. The Morgan fingerprint density at radius 1 is 1.32 bits per heavy atom. The lowest BCUT2D eigenvalue weighted by atomic mass is 10.1. The molecule has 102 valence electrons. The van der Waals surface area contributed by atoms with Crippen molar-refractivity contribution in [2.24, 2.45) is 5.92 Å². The Labute approximate surface area is 129 Å². The van der Waals surface area contributed by atoms with E-state index < -0.39 is 0 Å². The van der Waals surface area contributed by atoms with Crippen LogP contribution >= 0.6 is 39.1 Å². The van der Waals surface area contributed by atoms with Gasteiger partial charge in [0.1, 0.15) is 0 Å². The SMILES string of the molecule is OC[C@H]1CC[C@@H](n2c(Br)nc3cc(Cl)c(Cl)cc32)C1. The van der Waals surface area contributed by atoms with Gasteiger partial charge in [-0.3, -0.25) is 0 Å². The summed E-state index contributed by atoms with van der Waals surface area (Å²) in [6.07, 6.45) is 3.07. The van der Waals surface area contributed by atoms with Gasteiger partial charge in [0, 0.05) is 12.6 Å². The molecule has 0 bridgehead atoms. The quantitative estimate of drug-likeness (QED) is 0.856. The number of aliphatic hydroxyl groups is 1. The molecule has 0 amide bonds. The predicted molar refractivity (Wildman–Crippen MR) is 80.9 cm³/mol. The molecule has 6 heteroatoms. The third-order valence-electron chi connectivity index (χ3n) is 3.83. The Balaban J connectivity index is 2.08. The molecule has 2 atom stereocenters. The van der Waals surface area contributed by atoms with Crippen LogP contribution in [-0.2, 0) is 0 Å². The summed E-state index contributed by atoms with van der Waals surface area (Å²) < 4.78 is 2.96. The number of halogens is 3. The monoisotopic (exact) mass is 362 g/mol. The van der Waals surface area contributed by atoms with Crippen LogP contribution in [0, 0.1) is 5.92 Å². The number of nitrogens with zero attached hydrogens (tertiary/aromatic N) is 2. The van der Waals surface area contributed by atoms with Crippen molar-refractivity contribution in [1.29, 1.82) is 0 Å². The van der Waals surface area contributed by atoms with Crippen molar-refractivity contribution < 1.29 is 5.11 Å². The van der Waals surface area contributed by atoms with Gasteiger partial charge in [-0.2, -0.15) is 0 Å². The second-order valence-corrected chi connectivity index (χ2v) is 6.55. The van der Waals surface area contributed by atoms with Crippen LogP contribution in [0.1, 0.15) is 25.3 Å². The number of fused-ring (bicyclic) bond motifs is 1. The fourth-order valence-corrected chi connectivity index (χ4v) is 3.84. The fraction of sp³-hybridized carbons (Fsp3) is 0.462. The maximum absolute atomic E-state index is 9.27. The smallest absolute Gasteiger partial charge is 0.178 e. The van der Waals surface area contributed by atoms with Crippen LogP contribution in [0.3, 0.4) is 0 Å². The van der Waals surface area contributed by atoms with E-state index in [1.165, 1.54) is 0 Å². The molecule has 1 heterocycles. The van der Waals surface area contributed by atoms with Crippen molar-refractivity contribution in [1.82, 2.24) is 9.55 Å². The van der Waals surface area contributed by atoms with Crippen LogP contribution in [0.4, 0.5) is 0 Å². The summed E-state index contributed by atoms with van der Waals surface area (Å²) in [5.74, 6) is 0.386. The molecule has 0 radical (unpaired) electrons. The van der Waals surface area contributed by atoms with Crippen LogP contribution in [0.2, 0.25) is 10.0 Å². The molecule has 1 aliphatic rings. The molecule has 1 aromatic heterocycles. The molecular formula is C13H13BrCl2N2O. The first-order valence-electron chi connectivity index (χ1n) is 6.23. The summed E-state index contributed by atoms with van der Waals surface area (Å²) in [7, 11) is 0. The first-order chi connectivity index (χ1) is 9.10. The third kappa shape index (κ3) is 2.40. The largest absolute Gasteiger partial charge is 0.396 e. The average Bonchev–Trinajstić information content (AvgIpc) is 2.94. The van der Waals surface area contributed by atoms with Gasteiger partial charge in [0.2, 0.25) is 0 Å². The van der Waals surface area contributed by atoms with Gasteiger partial charge in [-0.05, 0) is 53.2 Å². The minimum absolute atomic E-state index is 0.257. The van der Waals surface area contributed by atoms with E-state index in [1.807, 2.05) is 6.07 Å². The standard InChI is InChI=1S/C13H13BrCl2N2O/c14-13-17-11-4-9(15)10(16)5-12(11)18(13)8-2-1-7(3-8)6-19/h4-5,7-8,19H,1-3,6H2/t7-,8+/m0/s1. The number of aromatic nitrogens is 2. The molecule has 1 fully saturated rings. The number of hydrogen-bond acceptors (Lipinski definition) is 2. The van der Waals surface area contributed by atoms with Gasteiger partial charge in [-0.15, -0.1) is 0 Å². The Kier molecular flexibility index (Phi) is 3.78. The maximum Gasteiger partial charge on any atom is 0.178 e. The highest BCUT2D eigenvalue weighted by atomic mass is 79.9. The highest BCUT2D eigenvalue weighted by molar-refractivity contribution is 9.10. The van der Waals surface area contributed by atoms with E-state index in [0.717, 1.165) is 35.0 Å².